The molecule has 32 heavy (non-hydrogen) atoms. The molecule has 1 fully saturated rings. The van der Waals surface area contributed by atoms with E-state index >= 15 is 0 Å². The predicted octanol–water partition coefficient (Wildman–Crippen LogP) is 0.805. The van der Waals surface area contributed by atoms with Crippen molar-refractivity contribution in [3.8, 4) is 0 Å². The van der Waals surface area contributed by atoms with Crippen molar-refractivity contribution in [3.63, 3.8) is 0 Å². The summed E-state index contributed by atoms with van der Waals surface area (Å²) in [5.41, 5.74) is 4.10. The Bertz CT molecular complexity index is 1080. The maximum Gasteiger partial charge on any atom is 0.359 e. The number of aromatic amines is 1. The molecule has 0 amide bonds. The van der Waals surface area contributed by atoms with Crippen LogP contribution in [0.5, 0.6) is 0 Å². The normalized spacial score (nSPS) is 29.5. The molecule has 0 bridgehead atoms. The third-order valence-electron chi connectivity index (χ3n) is 6.21. The van der Waals surface area contributed by atoms with Crippen molar-refractivity contribution < 1.29 is 34.0 Å². The van der Waals surface area contributed by atoms with Crippen molar-refractivity contribution in [1.29, 1.82) is 0 Å². The van der Waals surface area contributed by atoms with Crippen molar-refractivity contribution in [2.24, 2.45) is 0 Å². The first-order valence-corrected chi connectivity index (χ1v) is 12.0. The molecular formula is C19H31N4O8P. The Labute approximate surface area is 184 Å². The number of aliphatic hydroxyl groups excluding tert-OH is 2. The van der Waals surface area contributed by atoms with E-state index in [2.05, 4.69) is 9.97 Å². The summed E-state index contributed by atoms with van der Waals surface area (Å²) < 4.78 is 25.5. The summed E-state index contributed by atoms with van der Waals surface area (Å²) >= 11 is 0. The number of rotatable bonds is 8. The molecular weight excluding hydrogens is 443 g/mol. The van der Waals surface area contributed by atoms with E-state index in [-0.39, 0.29) is 36.2 Å². The fourth-order valence-electron chi connectivity index (χ4n) is 3.66. The molecule has 3 heterocycles. The lowest BCUT2D eigenvalue weighted by Gasteiger charge is -2.37. The number of aromatic nitrogens is 3. The molecule has 7 atom stereocenters. The van der Waals surface area contributed by atoms with Crippen LogP contribution in [0.25, 0.3) is 11.0 Å². The van der Waals surface area contributed by atoms with E-state index in [1.54, 1.807) is 20.8 Å². The predicted molar refractivity (Wildman–Crippen MR) is 116 cm³/mol. The van der Waals surface area contributed by atoms with E-state index in [0.29, 0.717) is 0 Å². The zero-order valence-electron chi connectivity index (χ0n) is 18.4. The number of anilines is 1. The van der Waals surface area contributed by atoms with Crippen LogP contribution in [0.4, 0.5) is 5.95 Å². The molecule has 1 aliphatic rings. The molecule has 2 aromatic heterocycles. The van der Waals surface area contributed by atoms with Gasteiger partial charge < -0.3 is 39.8 Å². The zero-order valence-corrected chi connectivity index (χ0v) is 19.3. The number of nitrogens with two attached hydrogens (primary N) is 1. The molecule has 2 aromatic rings. The summed E-state index contributed by atoms with van der Waals surface area (Å²) in [6.07, 6.45) is -3.06. The Hall–Kier alpha value is -1.79. The first-order chi connectivity index (χ1) is 14.7. The van der Waals surface area contributed by atoms with Crippen LogP contribution in [0.2, 0.25) is 0 Å². The van der Waals surface area contributed by atoms with E-state index in [1.165, 1.54) is 23.8 Å². The molecule has 0 aliphatic carbocycles. The van der Waals surface area contributed by atoms with Gasteiger partial charge >= 0.3 is 7.60 Å². The molecule has 3 unspecified atom stereocenters. The molecule has 0 radical (unpaired) electrons. The summed E-state index contributed by atoms with van der Waals surface area (Å²) in [7, 11) is -4.44. The van der Waals surface area contributed by atoms with Gasteiger partial charge in [0.1, 0.15) is 12.2 Å². The molecule has 1 saturated heterocycles. The van der Waals surface area contributed by atoms with E-state index in [1.807, 2.05) is 0 Å². The maximum atomic E-state index is 12.7. The summed E-state index contributed by atoms with van der Waals surface area (Å²) in [5.74, 6) is -0.110. The Morgan fingerprint density at radius 1 is 1.31 bits per heavy atom. The highest BCUT2D eigenvalue weighted by molar-refractivity contribution is 7.54. The van der Waals surface area contributed by atoms with E-state index < -0.39 is 48.6 Å². The lowest BCUT2D eigenvalue weighted by Crippen LogP contribution is -2.40. The van der Waals surface area contributed by atoms with Gasteiger partial charge in [-0.1, -0.05) is 13.8 Å². The monoisotopic (exact) mass is 474 g/mol. The van der Waals surface area contributed by atoms with Gasteiger partial charge in [-0.3, -0.25) is 14.3 Å². The molecule has 0 saturated carbocycles. The Morgan fingerprint density at radius 2 is 1.97 bits per heavy atom. The minimum Gasteiger partial charge on any atom is -0.388 e. The van der Waals surface area contributed by atoms with E-state index in [0.717, 1.165) is 0 Å². The highest BCUT2D eigenvalue weighted by atomic mass is 31.2. The second-order valence-corrected chi connectivity index (χ2v) is 10.8. The molecule has 180 valence electrons. The summed E-state index contributed by atoms with van der Waals surface area (Å²) in [4.78, 5) is 28.9. The van der Waals surface area contributed by atoms with Gasteiger partial charge in [-0.2, -0.15) is 4.98 Å². The highest BCUT2D eigenvalue weighted by Gasteiger charge is 2.50. The van der Waals surface area contributed by atoms with Gasteiger partial charge in [-0.25, -0.2) is 0 Å². The molecule has 0 spiro atoms. The van der Waals surface area contributed by atoms with Crippen LogP contribution in [0, 0.1) is 0 Å². The van der Waals surface area contributed by atoms with Crippen LogP contribution in [0.1, 0.15) is 53.2 Å². The number of H-pyrrole nitrogens is 1. The third kappa shape index (κ3) is 4.36. The number of hydrogen-bond donors (Lipinski definition) is 6. The van der Waals surface area contributed by atoms with Gasteiger partial charge in [0.15, 0.2) is 17.2 Å². The summed E-state index contributed by atoms with van der Waals surface area (Å²) in [5, 5.41) is 29.8. The first-order valence-electron chi connectivity index (χ1n) is 10.4. The molecule has 0 aromatic carbocycles. The fourth-order valence-corrected chi connectivity index (χ4v) is 5.06. The third-order valence-corrected chi connectivity index (χ3v) is 8.44. The van der Waals surface area contributed by atoms with Crippen LogP contribution in [0.3, 0.4) is 0 Å². The number of nitrogen functional groups attached to an aromatic ring is 1. The van der Waals surface area contributed by atoms with Crippen molar-refractivity contribution in [2.45, 2.75) is 82.4 Å². The average Bonchev–Trinajstić information content (AvgIpc) is 3.23. The lowest BCUT2D eigenvalue weighted by molar-refractivity contribution is -0.0688. The van der Waals surface area contributed by atoms with Gasteiger partial charge in [0.25, 0.3) is 5.56 Å². The van der Waals surface area contributed by atoms with Crippen molar-refractivity contribution in [2.75, 3.05) is 5.73 Å². The number of fused-ring (bicyclic) bond motifs is 1. The highest BCUT2D eigenvalue weighted by Crippen LogP contribution is 2.59. The van der Waals surface area contributed by atoms with Crippen LogP contribution >= 0.6 is 7.60 Å². The fraction of sp³-hybridized carbons (Fsp3) is 0.684. The number of nitrogens with zero attached hydrogens (tertiary/aromatic N) is 2. The van der Waals surface area contributed by atoms with Gasteiger partial charge in [-0.15, -0.1) is 0 Å². The van der Waals surface area contributed by atoms with Crippen LogP contribution in [-0.4, -0.2) is 64.0 Å². The number of ether oxygens (including phenoxy) is 1. The second kappa shape index (κ2) is 8.53. The van der Waals surface area contributed by atoms with Gasteiger partial charge in [-0.05, 0) is 32.8 Å². The topological polar surface area (TPSA) is 193 Å². The second-order valence-electron chi connectivity index (χ2n) is 8.65. The average molecular weight is 474 g/mol. The Kier molecular flexibility index (Phi) is 6.62. The molecule has 7 N–H and O–H groups in total. The number of hydrogen-bond acceptors (Lipinski definition) is 9. The molecule has 1 aliphatic heterocycles. The number of nitrogens with one attached hydrogen (secondary N) is 1. The van der Waals surface area contributed by atoms with Crippen LogP contribution in [0.15, 0.2) is 17.1 Å². The van der Waals surface area contributed by atoms with Gasteiger partial charge in [0.05, 0.1) is 17.1 Å². The van der Waals surface area contributed by atoms with E-state index in [9.17, 15) is 29.6 Å². The first kappa shape index (κ1) is 24.8. The summed E-state index contributed by atoms with van der Waals surface area (Å²) in [6.45, 7) is 6.09. The largest absolute Gasteiger partial charge is 0.388 e. The standard InChI is InChI=1S/C19H31N4O8P/c1-5-18(3,31-32(28,29)19(4,27)6-2)9-11-12(24)13(25)16(30-11)23-8-7-10-14(23)21-17(20)22-15(10)26/h7-8,11-13,16,24-25,27H,5-6,9H2,1-4H3,(H,28,29)(H3,20,21,22,26)/t11-,12-,13-,16-,18?,19?/m1/s1. The number of aliphatic hydroxyl groups is 3. The van der Waals surface area contributed by atoms with Crippen LogP contribution in [-0.2, 0) is 13.8 Å². The van der Waals surface area contributed by atoms with Crippen molar-refractivity contribution in [1.82, 2.24) is 14.5 Å². The van der Waals surface area contributed by atoms with E-state index in [4.69, 9.17) is 15.0 Å². The quantitative estimate of drug-likeness (QED) is 0.298. The maximum absolute atomic E-state index is 12.7. The summed E-state index contributed by atoms with van der Waals surface area (Å²) in [6, 6.07) is 1.49. The Balaban J connectivity index is 1.86. The zero-order chi connectivity index (χ0) is 24.1. The van der Waals surface area contributed by atoms with Crippen molar-refractivity contribution in [3.05, 3.63) is 22.6 Å². The molecule has 12 nitrogen and oxygen atoms in total. The SMILES string of the molecule is CCC(C)(C[C@H]1O[C@@H](n2ccc3c(=O)[nH]c(N)nc32)[C@H](O)[C@@H]1O)OP(=O)(O)C(C)(O)CC. The smallest absolute Gasteiger partial charge is 0.359 e. The lowest BCUT2D eigenvalue weighted by atomic mass is 9.93. The minimum absolute atomic E-state index is 0.000120. The van der Waals surface area contributed by atoms with Crippen LogP contribution < -0.4 is 11.3 Å². The molecule has 13 heteroatoms. The Morgan fingerprint density at radius 3 is 2.56 bits per heavy atom. The van der Waals surface area contributed by atoms with Gasteiger partial charge in [0, 0.05) is 12.6 Å². The van der Waals surface area contributed by atoms with Gasteiger partial charge in [0.2, 0.25) is 5.95 Å². The van der Waals surface area contributed by atoms with Crippen molar-refractivity contribution >= 4 is 24.6 Å². The minimum atomic E-state index is -4.44. The molecule has 3 rings (SSSR count).